The molecule has 1 heterocycles. The van der Waals surface area contributed by atoms with Crippen molar-refractivity contribution < 1.29 is 0 Å². The van der Waals surface area contributed by atoms with Crippen LogP contribution in [0.15, 0.2) is 5.38 Å². The lowest BCUT2D eigenvalue weighted by Gasteiger charge is -2.28. The van der Waals surface area contributed by atoms with Crippen molar-refractivity contribution in [3.05, 3.63) is 16.1 Å². The lowest BCUT2D eigenvalue weighted by molar-refractivity contribution is 0.361. The molecular weight excluding hydrogens is 264 g/mol. The van der Waals surface area contributed by atoms with Crippen LogP contribution in [-0.2, 0) is 5.41 Å². The van der Waals surface area contributed by atoms with Gasteiger partial charge in [-0.3, -0.25) is 0 Å². The smallest absolute Gasteiger partial charge is 0.194 e. The molecule has 1 rings (SSSR count). The average Bonchev–Trinajstić information content (AvgIpc) is 2.94. The lowest BCUT2D eigenvalue weighted by Crippen LogP contribution is -2.22. The zero-order valence-electron chi connectivity index (χ0n) is 13.2. The number of thiazole rings is 1. The van der Waals surface area contributed by atoms with E-state index in [9.17, 15) is 0 Å². The van der Waals surface area contributed by atoms with E-state index in [0.29, 0.717) is 5.01 Å². The summed E-state index contributed by atoms with van der Waals surface area (Å²) in [6, 6.07) is 2.17. The van der Waals surface area contributed by atoms with Crippen LogP contribution in [0.25, 0.3) is 0 Å². The Hall–Kier alpha value is -0.880. The van der Waals surface area contributed by atoms with E-state index < -0.39 is 0 Å². The molecule has 0 aromatic carbocycles. The Balaban J connectivity index is 2.63. The second-order valence-corrected chi connectivity index (χ2v) is 6.84. The van der Waals surface area contributed by atoms with E-state index in [4.69, 9.17) is 5.26 Å². The molecule has 0 aliphatic rings. The SMILES string of the molecule is CCCCCCCC(C)(CCCC)c1csc(C#N)n1. The summed E-state index contributed by atoms with van der Waals surface area (Å²) < 4.78 is 0. The summed E-state index contributed by atoms with van der Waals surface area (Å²) in [5.74, 6) is 0. The molecule has 0 amide bonds. The summed E-state index contributed by atoms with van der Waals surface area (Å²) >= 11 is 1.48. The highest BCUT2D eigenvalue weighted by Crippen LogP contribution is 2.35. The van der Waals surface area contributed by atoms with Crippen molar-refractivity contribution in [3.63, 3.8) is 0 Å². The van der Waals surface area contributed by atoms with E-state index in [1.165, 1.54) is 69.1 Å². The van der Waals surface area contributed by atoms with Crippen LogP contribution in [0.5, 0.6) is 0 Å². The first kappa shape index (κ1) is 17.2. The number of aromatic nitrogens is 1. The normalized spacial score (nSPS) is 13.9. The van der Waals surface area contributed by atoms with Gasteiger partial charge in [0.25, 0.3) is 0 Å². The van der Waals surface area contributed by atoms with Crippen molar-refractivity contribution in [2.45, 2.75) is 84.0 Å². The van der Waals surface area contributed by atoms with Gasteiger partial charge in [0.05, 0.1) is 5.69 Å². The average molecular weight is 292 g/mol. The first-order valence-electron chi connectivity index (χ1n) is 8.02. The summed E-state index contributed by atoms with van der Waals surface area (Å²) in [5.41, 5.74) is 1.30. The third-order valence-electron chi connectivity index (χ3n) is 4.13. The van der Waals surface area contributed by atoms with Gasteiger partial charge in [-0.25, -0.2) is 4.98 Å². The van der Waals surface area contributed by atoms with Crippen molar-refractivity contribution >= 4 is 11.3 Å². The third-order valence-corrected chi connectivity index (χ3v) is 4.88. The van der Waals surface area contributed by atoms with Crippen molar-refractivity contribution in [2.24, 2.45) is 0 Å². The van der Waals surface area contributed by atoms with Gasteiger partial charge in [0, 0.05) is 10.8 Å². The molecule has 0 saturated heterocycles. The fourth-order valence-corrected chi connectivity index (χ4v) is 3.43. The van der Waals surface area contributed by atoms with Gasteiger partial charge in [0.15, 0.2) is 5.01 Å². The highest BCUT2D eigenvalue weighted by Gasteiger charge is 2.28. The fraction of sp³-hybridized carbons (Fsp3) is 0.765. The molecular formula is C17H28N2S. The van der Waals surface area contributed by atoms with Crippen molar-refractivity contribution in [1.82, 2.24) is 4.98 Å². The second-order valence-electron chi connectivity index (χ2n) is 5.98. The van der Waals surface area contributed by atoms with Crippen LogP contribution in [-0.4, -0.2) is 4.98 Å². The van der Waals surface area contributed by atoms with Gasteiger partial charge in [-0.05, 0) is 12.8 Å². The third kappa shape index (κ3) is 5.25. The maximum Gasteiger partial charge on any atom is 0.194 e. The number of nitrogens with zero attached hydrogens (tertiary/aromatic N) is 2. The standard InChI is InChI=1S/C17H28N2S/c1-4-6-8-9-10-12-17(3,11-7-5-2)15-14-20-16(13-18)19-15/h14H,4-12H2,1-3H3. The topological polar surface area (TPSA) is 36.7 Å². The summed E-state index contributed by atoms with van der Waals surface area (Å²) in [7, 11) is 0. The Bertz CT molecular complexity index is 419. The minimum atomic E-state index is 0.161. The Morgan fingerprint density at radius 3 is 2.35 bits per heavy atom. The van der Waals surface area contributed by atoms with Gasteiger partial charge in [0.1, 0.15) is 6.07 Å². The minimum Gasteiger partial charge on any atom is -0.230 e. The van der Waals surface area contributed by atoms with E-state index in [-0.39, 0.29) is 5.41 Å². The summed E-state index contributed by atoms with van der Waals surface area (Å²) in [6.45, 7) is 6.83. The van der Waals surface area contributed by atoms with E-state index in [1.54, 1.807) is 0 Å². The highest BCUT2D eigenvalue weighted by molar-refractivity contribution is 7.10. The van der Waals surface area contributed by atoms with Gasteiger partial charge >= 0.3 is 0 Å². The zero-order chi connectivity index (χ0) is 14.8. The Kier molecular flexibility index (Phi) is 7.84. The van der Waals surface area contributed by atoms with Crippen molar-refractivity contribution in [2.75, 3.05) is 0 Å². The zero-order valence-corrected chi connectivity index (χ0v) is 14.1. The van der Waals surface area contributed by atoms with Gasteiger partial charge in [-0.2, -0.15) is 5.26 Å². The molecule has 0 bridgehead atoms. The maximum atomic E-state index is 8.96. The lowest BCUT2D eigenvalue weighted by atomic mass is 9.77. The van der Waals surface area contributed by atoms with Crippen LogP contribution in [0.4, 0.5) is 0 Å². The van der Waals surface area contributed by atoms with Crippen LogP contribution in [0.2, 0.25) is 0 Å². The molecule has 0 radical (unpaired) electrons. The molecule has 0 saturated carbocycles. The Morgan fingerprint density at radius 1 is 1.10 bits per heavy atom. The summed E-state index contributed by atoms with van der Waals surface area (Å²) in [5, 5.41) is 11.7. The van der Waals surface area contributed by atoms with Gasteiger partial charge < -0.3 is 0 Å². The van der Waals surface area contributed by atoms with Gasteiger partial charge in [-0.1, -0.05) is 65.7 Å². The van der Waals surface area contributed by atoms with Gasteiger partial charge in [0.2, 0.25) is 0 Å². The molecule has 0 spiro atoms. The first-order chi connectivity index (χ1) is 9.66. The number of hydrogen-bond donors (Lipinski definition) is 0. The molecule has 0 aliphatic heterocycles. The van der Waals surface area contributed by atoms with Crippen molar-refractivity contribution in [3.8, 4) is 6.07 Å². The van der Waals surface area contributed by atoms with Crippen LogP contribution in [0.3, 0.4) is 0 Å². The van der Waals surface area contributed by atoms with Crippen molar-refractivity contribution in [1.29, 1.82) is 5.26 Å². The van der Waals surface area contributed by atoms with Crippen LogP contribution >= 0.6 is 11.3 Å². The van der Waals surface area contributed by atoms with E-state index in [0.717, 1.165) is 5.69 Å². The van der Waals surface area contributed by atoms with E-state index >= 15 is 0 Å². The number of rotatable bonds is 10. The molecule has 0 N–H and O–H groups in total. The Labute approximate surface area is 128 Å². The van der Waals surface area contributed by atoms with Crippen LogP contribution in [0.1, 0.15) is 89.3 Å². The predicted octanol–water partition coefficient (Wildman–Crippen LogP) is 5.82. The molecule has 2 nitrogen and oxygen atoms in total. The maximum absolute atomic E-state index is 8.96. The molecule has 3 heteroatoms. The largest absolute Gasteiger partial charge is 0.230 e. The number of hydrogen-bond acceptors (Lipinski definition) is 3. The van der Waals surface area contributed by atoms with Crippen LogP contribution in [0, 0.1) is 11.3 Å². The van der Waals surface area contributed by atoms with E-state index in [1.807, 2.05) is 0 Å². The summed E-state index contributed by atoms with van der Waals surface area (Å²) in [6.07, 6.45) is 11.4. The molecule has 1 atom stereocenters. The highest BCUT2D eigenvalue weighted by atomic mass is 32.1. The fourth-order valence-electron chi connectivity index (χ4n) is 2.67. The van der Waals surface area contributed by atoms with E-state index in [2.05, 4.69) is 37.2 Å². The second kappa shape index (κ2) is 9.13. The van der Waals surface area contributed by atoms with Crippen LogP contribution < -0.4 is 0 Å². The summed E-state index contributed by atoms with van der Waals surface area (Å²) in [4.78, 5) is 4.53. The van der Waals surface area contributed by atoms with Gasteiger partial charge in [-0.15, -0.1) is 11.3 Å². The quantitative estimate of drug-likeness (QED) is 0.509. The number of nitriles is 1. The minimum absolute atomic E-state index is 0.161. The molecule has 112 valence electrons. The molecule has 1 unspecified atom stereocenters. The molecule has 0 aliphatic carbocycles. The Morgan fingerprint density at radius 2 is 1.75 bits per heavy atom. The molecule has 1 aromatic rings. The molecule has 0 fully saturated rings. The molecule has 1 aromatic heterocycles. The predicted molar refractivity (Wildman–Crippen MR) is 87.1 cm³/mol. The monoisotopic (exact) mass is 292 g/mol. The molecule has 20 heavy (non-hydrogen) atoms. The number of unbranched alkanes of at least 4 members (excludes halogenated alkanes) is 5. The first-order valence-corrected chi connectivity index (χ1v) is 8.90.